The summed E-state index contributed by atoms with van der Waals surface area (Å²) in [5.41, 5.74) is 2.68. The SMILES string of the molecule is O=C(NN=Cc1cn(CC(=O)N2CCOCC2)c2ccccc12)c1cccc(C(F)(F)F)c1. The van der Waals surface area contributed by atoms with Crippen LogP contribution in [0.4, 0.5) is 13.2 Å². The van der Waals surface area contributed by atoms with Crippen LogP contribution in [0.25, 0.3) is 10.9 Å². The van der Waals surface area contributed by atoms with Crippen molar-refractivity contribution in [2.24, 2.45) is 5.10 Å². The van der Waals surface area contributed by atoms with Crippen LogP contribution in [0, 0.1) is 0 Å². The van der Waals surface area contributed by atoms with Crippen LogP contribution in [0.5, 0.6) is 0 Å². The molecule has 0 radical (unpaired) electrons. The number of halogens is 3. The molecular weight excluding hydrogens is 437 g/mol. The van der Waals surface area contributed by atoms with E-state index in [1.165, 1.54) is 18.3 Å². The van der Waals surface area contributed by atoms with Crippen LogP contribution in [-0.2, 0) is 22.3 Å². The third kappa shape index (κ3) is 5.23. The van der Waals surface area contributed by atoms with Gasteiger partial charge in [0, 0.05) is 41.3 Å². The highest BCUT2D eigenvalue weighted by Gasteiger charge is 2.30. The Labute approximate surface area is 187 Å². The van der Waals surface area contributed by atoms with Crippen LogP contribution < -0.4 is 5.43 Å². The van der Waals surface area contributed by atoms with Crippen molar-refractivity contribution in [3.8, 4) is 0 Å². The Morgan fingerprint density at radius 3 is 2.61 bits per heavy atom. The number of hydrazone groups is 1. The summed E-state index contributed by atoms with van der Waals surface area (Å²) >= 11 is 0. The lowest BCUT2D eigenvalue weighted by Gasteiger charge is -2.27. The van der Waals surface area contributed by atoms with Gasteiger partial charge in [-0.15, -0.1) is 0 Å². The number of nitrogens with zero attached hydrogens (tertiary/aromatic N) is 3. The van der Waals surface area contributed by atoms with Gasteiger partial charge in [-0.05, 0) is 24.3 Å². The molecule has 172 valence electrons. The Kier molecular flexibility index (Phi) is 6.45. The molecule has 4 rings (SSSR count). The predicted molar refractivity (Wildman–Crippen MR) is 116 cm³/mol. The van der Waals surface area contributed by atoms with Gasteiger partial charge in [0.15, 0.2) is 0 Å². The van der Waals surface area contributed by atoms with Gasteiger partial charge in [0.25, 0.3) is 5.91 Å². The minimum Gasteiger partial charge on any atom is -0.378 e. The number of rotatable bonds is 5. The monoisotopic (exact) mass is 458 g/mol. The van der Waals surface area contributed by atoms with Crippen LogP contribution in [0.15, 0.2) is 59.8 Å². The highest BCUT2D eigenvalue weighted by molar-refractivity contribution is 6.01. The quantitative estimate of drug-likeness (QED) is 0.471. The normalized spacial score (nSPS) is 14.7. The van der Waals surface area contributed by atoms with E-state index in [1.807, 2.05) is 28.8 Å². The molecule has 10 heteroatoms. The lowest BCUT2D eigenvalue weighted by molar-refractivity contribution is -0.137. The summed E-state index contributed by atoms with van der Waals surface area (Å²) in [5, 5.41) is 4.73. The Morgan fingerprint density at radius 1 is 1.09 bits per heavy atom. The van der Waals surface area contributed by atoms with Gasteiger partial charge in [-0.1, -0.05) is 24.3 Å². The fourth-order valence-corrected chi connectivity index (χ4v) is 3.63. The highest BCUT2D eigenvalue weighted by atomic mass is 19.4. The van der Waals surface area contributed by atoms with Crippen LogP contribution in [0.2, 0.25) is 0 Å². The molecule has 2 heterocycles. The van der Waals surface area contributed by atoms with E-state index in [1.54, 1.807) is 11.1 Å². The van der Waals surface area contributed by atoms with Crippen molar-refractivity contribution in [3.63, 3.8) is 0 Å². The zero-order valence-corrected chi connectivity index (χ0v) is 17.5. The number of aromatic nitrogens is 1. The first-order valence-electron chi connectivity index (χ1n) is 10.3. The number of hydrogen-bond donors (Lipinski definition) is 1. The molecule has 0 bridgehead atoms. The van der Waals surface area contributed by atoms with Gasteiger partial charge >= 0.3 is 6.18 Å². The summed E-state index contributed by atoms with van der Waals surface area (Å²) in [5.74, 6) is -0.788. The molecule has 0 aliphatic carbocycles. The Morgan fingerprint density at radius 2 is 1.85 bits per heavy atom. The number of morpholine rings is 1. The van der Waals surface area contributed by atoms with Gasteiger partial charge in [-0.3, -0.25) is 9.59 Å². The molecule has 1 N–H and O–H groups in total. The number of benzene rings is 2. The van der Waals surface area contributed by atoms with E-state index < -0.39 is 17.6 Å². The fraction of sp³-hybridized carbons (Fsp3) is 0.261. The predicted octanol–water partition coefficient (Wildman–Crippen LogP) is 3.28. The van der Waals surface area contributed by atoms with E-state index in [2.05, 4.69) is 10.5 Å². The molecule has 0 atom stereocenters. The molecule has 1 aliphatic rings. The Hall–Kier alpha value is -3.66. The topological polar surface area (TPSA) is 75.9 Å². The first-order chi connectivity index (χ1) is 15.8. The summed E-state index contributed by atoms with van der Waals surface area (Å²) in [6.45, 7) is 2.27. The number of carbonyl (C=O) groups is 2. The first-order valence-corrected chi connectivity index (χ1v) is 10.3. The second-order valence-electron chi connectivity index (χ2n) is 7.50. The number of alkyl halides is 3. The molecule has 1 fully saturated rings. The van der Waals surface area contributed by atoms with Gasteiger partial charge in [0.05, 0.1) is 25.0 Å². The minimum atomic E-state index is -4.54. The molecule has 0 saturated carbocycles. The van der Waals surface area contributed by atoms with E-state index in [9.17, 15) is 22.8 Å². The molecular formula is C23H21F3N4O3. The van der Waals surface area contributed by atoms with Gasteiger partial charge in [-0.2, -0.15) is 18.3 Å². The molecule has 2 aromatic carbocycles. The maximum atomic E-state index is 12.9. The van der Waals surface area contributed by atoms with Crippen LogP contribution in [-0.4, -0.2) is 53.8 Å². The third-order valence-corrected chi connectivity index (χ3v) is 5.31. The number of amides is 2. The third-order valence-electron chi connectivity index (χ3n) is 5.31. The molecule has 1 aliphatic heterocycles. The standard InChI is InChI=1S/C23H21F3N4O3/c24-23(25,26)18-5-3-4-16(12-18)22(32)28-27-13-17-14-30(20-7-2-1-6-19(17)20)15-21(31)29-8-10-33-11-9-29/h1-7,12-14H,8-11,15H2,(H,28,32). The number of ether oxygens (including phenoxy) is 1. The number of hydrogen-bond acceptors (Lipinski definition) is 4. The van der Waals surface area contributed by atoms with Crippen LogP contribution in [0.1, 0.15) is 21.5 Å². The van der Waals surface area contributed by atoms with Gasteiger partial charge in [-0.25, -0.2) is 5.43 Å². The summed E-state index contributed by atoms with van der Waals surface area (Å²) in [6.07, 6.45) is -1.38. The van der Waals surface area contributed by atoms with Crippen molar-refractivity contribution in [1.29, 1.82) is 0 Å². The zero-order chi connectivity index (χ0) is 23.4. The minimum absolute atomic E-state index is 0.0274. The lowest BCUT2D eigenvalue weighted by Crippen LogP contribution is -2.42. The largest absolute Gasteiger partial charge is 0.416 e. The summed E-state index contributed by atoms with van der Waals surface area (Å²) in [7, 11) is 0. The molecule has 2 amide bonds. The highest BCUT2D eigenvalue weighted by Crippen LogP contribution is 2.29. The first kappa shape index (κ1) is 22.5. The van der Waals surface area contributed by atoms with Crippen molar-refractivity contribution in [2.75, 3.05) is 26.3 Å². The van der Waals surface area contributed by atoms with Gasteiger partial charge < -0.3 is 14.2 Å². The van der Waals surface area contributed by atoms with E-state index in [0.717, 1.165) is 23.0 Å². The number of carbonyl (C=O) groups excluding carboxylic acids is 2. The molecule has 33 heavy (non-hydrogen) atoms. The second-order valence-corrected chi connectivity index (χ2v) is 7.50. The maximum Gasteiger partial charge on any atom is 0.416 e. The lowest BCUT2D eigenvalue weighted by atomic mass is 10.1. The van der Waals surface area contributed by atoms with Crippen molar-refractivity contribution < 1.29 is 27.5 Å². The smallest absolute Gasteiger partial charge is 0.378 e. The number of fused-ring (bicyclic) bond motifs is 1. The Balaban J connectivity index is 1.49. The Bertz CT molecular complexity index is 1200. The summed E-state index contributed by atoms with van der Waals surface area (Å²) < 4.78 is 45.7. The van der Waals surface area contributed by atoms with Crippen molar-refractivity contribution in [2.45, 2.75) is 12.7 Å². The van der Waals surface area contributed by atoms with E-state index >= 15 is 0 Å². The van der Waals surface area contributed by atoms with Crippen molar-refractivity contribution in [1.82, 2.24) is 14.9 Å². The van der Waals surface area contributed by atoms with Crippen LogP contribution >= 0.6 is 0 Å². The van der Waals surface area contributed by atoms with Gasteiger partial charge in [0.2, 0.25) is 5.91 Å². The zero-order valence-electron chi connectivity index (χ0n) is 17.5. The summed E-state index contributed by atoms with van der Waals surface area (Å²) in [4.78, 5) is 26.7. The number of nitrogens with one attached hydrogen (secondary N) is 1. The number of para-hydroxylation sites is 1. The average Bonchev–Trinajstić information content (AvgIpc) is 3.16. The van der Waals surface area contributed by atoms with Crippen molar-refractivity contribution in [3.05, 3.63) is 71.4 Å². The average molecular weight is 458 g/mol. The summed E-state index contributed by atoms with van der Waals surface area (Å²) in [6, 6.07) is 11.6. The van der Waals surface area contributed by atoms with Crippen molar-refractivity contribution >= 4 is 28.9 Å². The maximum absolute atomic E-state index is 12.9. The van der Waals surface area contributed by atoms with Gasteiger partial charge in [0.1, 0.15) is 6.54 Å². The molecule has 1 saturated heterocycles. The molecule has 3 aromatic rings. The van der Waals surface area contributed by atoms with E-state index in [0.29, 0.717) is 31.9 Å². The molecule has 0 spiro atoms. The van der Waals surface area contributed by atoms with E-state index in [4.69, 9.17) is 4.74 Å². The van der Waals surface area contributed by atoms with E-state index in [-0.39, 0.29) is 18.0 Å². The molecule has 7 nitrogen and oxygen atoms in total. The van der Waals surface area contributed by atoms with Crippen LogP contribution in [0.3, 0.4) is 0 Å². The second kappa shape index (κ2) is 9.45. The molecule has 0 unspecified atom stereocenters. The fourth-order valence-electron chi connectivity index (χ4n) is 3.63. The molecule has 1 aromatic heterocycles.